The lowest BCUT2D eigenvalue weighted by molar-refractivity contribution is 0.160. The number of benzene rings is 1. The highest BCUT2D eigenvalue weighted by atomic mass is 15.2. The molecule has 2 rings (SSSR count). The predicted octanol–water partition coefficient (Wildman–Crippen LogP) is 2.74. The summed E-state index contributed by atoms with van der Waals surface area (Å²) in [5.74, 6) is 8.49. The average molecular weight is 242 g/mol. The molecular formula is C16H22N2. The number of rotatable bonds is 6. The highest BCUT2D eigenvalue weighted by molar-refractivity contribution is 5.30. The van der Waals surface area contributed by atoms with Crippen LogP contribution in [0.2, 0.25) is 0 Å². The third-order valence-corrected chi connectivity index (χ3v) is 4.28. The molecule has 1 aromatic rings. The first-order chi connectivity index (χ1) is 8.83. The summed E-state index contributed by atoms with van der Waals surface area (Å²) in [4.78, 5) is 0. The van der Waals surface area contributed by atoms with Crippen molar-refractivity contribution in [3.05, 3.63) is 35.9 Å². The van der Waals surface area contributed by atoms with E-state index in [0.29, 0.717) is 6.04 Å². The number of hydrazine groups is 1. The molecule has 96 valence electrons. The number of nitrogens with two attached hydrogens (primary N) is 1. The van der Waals surface area contributed by atoms with E-state index in [9.17, 15) is 0 Å². The molecule has 0 aliphatic heterocycles. The van der Waals surface area contributed by atoms with E-state index in [2.05, 4.69) is 41.7 Å². The van der Waals surface area contributed by atoms with Crippen LogP contribution in [0.4, 0.5) is 0 Å². The van der Waals surface area contributed by atoms with Crippen molar-refractivity contribution in [2.24, 2.45) is 5.84 Å². The molecule has 18 heavy (non-hydrogen) atoms. The zero-order chi connectivity index (χ0) is 12.8. The molecule has 1 unspecified atom stereocenters. The van der Waals surface area contributed by atoms with Crippen LogP contribution in [0, 0.1) is 12.3 Å². The molecule has 1 saturated carbocycles. The summed E-state index contributed by atoms with van der Waals surface area (Å²) in [5.41, 5.74) is 4.68. The van der Waals surface area contributed by atoms with Crippen LogP contribution < -0.4 is 11.3 Å². The molecular weight excluding hydrogens is 220 g/mol. The van der Waals surface area contributed by atoms with Crippen LogP contribution in [0.25, 0.3) is 0 Å². The number of terminal acetylenes is 1. The number of unbranched alkanes of at least 4 members (excludes halogenated alkanes) is 1. The first-order valence-electron chi connectivity index (χ1n) is 6.78. The lowest BCUT2D eigenvalue weighted by atomic mass is 9.59. The number of hydrogen-bond donors (Lipinski definition) is 2. The summed E-state index contributed by atoms with van der Waals surface area (Å²) in [6.45, 7) is 0. The topological polar surface area (TPSA) is 38.0 Å². The Kier molecular flexibility index (Phi) is 4.41. The van der Waals surface area contributed by atoms with Gasteiger partial charge in [-0.25, -0.2) is 0 Å². The van der Waals surface area contributed by atoms with Crippen LogP contribution in [0.1, 0.15) is 44.1 Å². The van der Waals surface area contributed by atoms with Gasteiger partial charge in [-0.2, -0.15) is 0 Å². The second-order valence-electron chi connectivity index (χ2n) is 5.19. The van der Waals surface area contributed by atoms with Crippen molar-refractivity contribution < 1.29 is 0 Å². The minimum atomic E-state index is 0.227. The average Bonchev–Trinajstić information content (AvgIpc) is 2.37. The van der Waals surface area contributed by atoms with Crippen LogP contribution >= 0.6 is 0 Å². The molecule has 1 aromatic carbocycles. The molecule has 2 heteroatoms. The van der Waals surface area contributed by atoms with Crippen molar-refractivity contribution in [2.45, 2.75) is 50.0 Å². The quantitative estimate of drug-likeness (QED) is 0.348. The lowest BCUT2D eigenvalue weighted by Crippen LogP contribution is -2.54. The molecule has 0 heterocycles. The van der Waals surface area contributed by atoms with Gasteiger partial charge in [-0.1, -0.05) is 36.8 Å². The Bertz CT molecular complexity index is 401. The van der Waals surface area contributed by atoms with Crippen molar-refractivity contribution in [1.82, 2.24) is 5.43 Å². The Morgan fingerprint density at radius 3 is 2.56 bits per heavy atom. The molecule has 0 saturated heterocycles. The lowest BCUT2D eigenvalue weighted by Gasteiger charge is -2.48. The van der Waals surface area contributed by atoms with E-state index < -0.39 is 0 Å². The maximum absolute atomic E-state index is 5.79. The first kappa shape index (κ1) is 13.1. The molecule has 0 aromatic heterocycles. The molecule has 1 fully saturated rings. The fraction of sp³-hybridized carbons (Fsp3) is 0.500. The van der Waals surface area contributed by atoms with Crippen molar-refractivity contribution >= 4 is 0 Å². The minimum Gasteiger partial charge on any atom is -0.271 e. The molecule has 0 radical (unpaired) electrons. The third-order valence-electron chi connectivity index (χ3n) is 4.28. The largest absolute Gasteiger partial charge is 0.271 e. The van der Waals surface area contributed by atoms with Crippen molar-refractivity contribution in [3.8, 4) is 12.3 Å². The first-order valence-corrected chi connectivity index (χ1v) is 6.78. The smallest absolute Gasteiger partial charge is 0.0307 e. The van der Waals surface area contributed by atoms with Gasteiger partial charge >= 0.3 is 0 Å². The van der Waals surface area contributed by atoms with Crippen LogP contribution in [0.5, 0.6) is 0 Å². The van der Waals surface area contributed by atoms with E-state index in [-0.39, 0.29) is 5.41 Å². The van der Waals surface area contributed by atoms with Gasteiger partial charge < -0.3 is 0 Å². The summed E-state index contributed by atoms with van der Waals surface area (Å²) < 4.78 is 0. The summed E-state index contributed by atoms with van der Waals surface area (Å²) in [6, 6.07) is 11.1. The molecule has 0 amide bonds. The predicted molar refractivity (Wildman–Crippen MR) is 75.8 cm³/mol. The second kappa shape index (κ2) is 6.04. The standard InChI is InChI=1S/C16H22N2/c1-2-3-5-11-15(18-17)16(12-8-13-16)14-9-6-4-7-10-14/h1,4,6-7,9-10,15,18H,3,5,8,11-13,17H2. The van der Waals surface area contributed by atoms with E-state index in [0.717, 1.165) is 19.3 Å². The van der Waals surface area contributed by atoms with Gasteiger partial charge in [0.25, 0.3) is 0 Å². The Labute approximate surface area is 110 Å². The van der Waals surface area contributed by atoms with E-state index in [1.807, 2.05) is 0 Å². The van der Waals surface area contributed by atoms with Crippen LogP contribution in [0.15, 0.2) is 30.3 Å². The third kappa shape index (κ3) is 2.43. The van der Waals surface area contributed by atoms with Crippen LogP contribution in [-0.2, 0) is 5.41 Å². The van der Waals surface area contributed by atoms with Gasteiger partial charge in [-0.3, -0.25) is 11.3 Å². The van der Waals surface area contributed by atoms with Gasteiger partial charge in [0.1, 0.15) is 0 Å². The van der Waals surface area contributed by atoms with Crippen LogP contribution in [-0.4, -0.2) is 6.04 Å². The van der Waals surface area contributed by atoms with Crippen molar-refractivity contribution in [3.63, 3.8) is 0 Å². The van der Waals surface area contributed by atoms with Gasteiger partial charge in [0.15, 0.2) is 0 Å². The summed E-state index contributed by atoms with van der Waals surface area (Å²) in [7, 11) is 0. The van der Waals surface area contributed by atoms with Crippen molar-refractivity contribution in [1.29, 1.82) is 0 Å². The Balaban J connectivity index is 2.13. The second-order valence-corrected chi connectivity index (χ2v) is 5.19. The highest BCUT2D eigenvalue weighted by Crippen LogP contribution is 2.47. The van der Waals surface area contributed by atoms with Gasteiger partial charge in [-0.15, -0.1) is 12.3 Å². The monoisotopic (exact) mass is 242 g/mol. The molecule has 1 aliphatic rings. The van der Waals surface area contributed by atoms with Gasteiger partial charge in [0.05, 0.1) is 0 Å². The van der Waals surface area contributed by atoms with E-state index in [1.165, 1.54) is 24.8 Å². The molecule has 1 atom stereocenters. The maximum Gasteiger partial charge on any atom is 0.0307 e. The van der Waals surface area contributed by atoms with Gasteiger partial charge in [0.2, 0.25) is 0 Å². The van der Waals surface area contributed by atoms with Gasteiger partial charge in [0, 0.05) is 17.9 Å². The summed E-state index contributed by atoms with van der Waals surface area (Å²) in [6.07, 6.45) is 12.0. The van der Waals surface area contributed by atoms with Crippen molar-refractivity contribution in [2.75, 3.05) is 0 Å². The molecule has 3 N–H and O–H groups in total. The molecule has 0 bridgehead atoms. The van der Waals surface area contributed by atoms with E-state index in [1.54, 1.807) is 0 Å². The Morgan fingerprint density at radius 2 is 2.06 bits per heavy atom. The normalized spacial score (nSPS) is 18.7. The SMILES string of the molecule is C#CCCCC(NN)C1(c2ccccc2)CCC1. The van der Waals surface area contributed by atoms with Crippen LogP contribution in [0.3, 0.4) is 0 Å². The number of hydrogen-bond acceptors (Lipinski definition) is 2. The summed E-state index contributed by atoms with van der Waals surface area (Å²) >= 11 is 0. The molecule has 2 nitrogen and oxygen atoms in total. The minimum absolute atomic E-state index is 0.227. The summed E-state index contributed by atoms with van der Waals surface area (Å²) in [5, 5.41) is 0. The maximum atomic E-state index is 5.79. The highest BCUT2D eigenvalue weighted by Gasteiger charge is 2.44. The van der Waals surface area contributed by atoms with Gasteiger partial charge in [-0.05, 0) is 31.2 Å². The molecule has 0 spiro atoms. The number of nitrogens with one attached hydrogen (secondary N) is 1. The fourth-order valence-corrected chi connectivity index (χ4v) is 3.09. The van der Waals surface area contributed by atoms with E-state index in [4.69, 9.17) is 12.3 Å². The molecule has 1 aliphatic carbocycles. The van der Waals surface area contributed by atoms with E-state index >= 15 is 0 Å². The Morgan fingerprint density at radius 1 is 1.33 bits per heavy atom. The Hall–Kier alpha value is -1.30. The fourth-order valence-electron chi connectivity index (χ4n) is 3.09. The zero-order valence-electron chi connectivity index (χ0n) is 10.9. The zero-order valence-corrected chi connectivity index (χ0v) is 10.9.